The van der Waals surface area contributed by atoms with Gasteiger partial charge in [0, 0.05) is 17.9 Å². The van der Waals surface area contributed by atoms with Gasteiger partial charge in [-0.1, -0.05) is 5.92 Å². The van der Waals surface area contributed by atoms with Gasteiger partial charge in [-0.25, -0.2) is 0 Å². The molecule has 114 valence electrons. The molecule has 0 saturated carbocycles. The molecule has 22 heavy (non-hydrogen) atoms. The summed E-state index contributed by atoms with van der Waals surface area (Å²) in [6.07, 6.45) is 5.57. The van der Waals surface area contributed by atoms with Gasteiger partial charge in [0.05, 0.1) is 19.1 Å². The zero-order valence-electron chi connectivity index (χ0n) is 12.9. The largest absolute Gasteiger partial charge is 0.500 e. The monoisotopic (exact) mass is 298 g/mol. The molecule has 0 amide bonds. The van der Waals surface area contributed by atoms with Crippen molar-refractivity contribution in [3.63, 3.8) is 0 Å². The van der Waals surface area contributed by atoms with Crippen molar-refractivity contribution in [1.29, 1.82) is 0 Å². The maximum absolute atomic E-state index is 12.6. The second-order valence-corrected chi connectivity index (χ2v) is 5.49. The Balaban J connectivity index is 2.53. The van der Waals surface area contributed by atoms with Crippen LogP contribution in [0.5, 0.6) is 0 Å². The molecule has 1 aromatic carbocycles. The molecular weight excluding hydrogens is 280 g/mol. The number of rotatable bonds is 4. The molecular formula is C18H18O4. The summed E-state index contributed by atoms with van der Waals surface area (Å²) in [7, 11) is 1.51. The van der Waals surface area contributed by atoms with Gasteiger partial charge >= 0.3 is 5.97 Å². The highest BCUT2D eigenvalue weighted by molar-refractivity contribution is 6.25. The van der Waals surface area contributed by atoms with Crippen LogP contribution in [0.3, 0.4) is 0 Å². The van der Waals surface area contributed by atoms with Gasteiger partial charge in [-0.15, -0.1) is 6.42 Å². The lowest BCUT2D eigenvalue weighted by atomic mass is 9.90. The zero-order valence-corrected chi connectivity index (χ0v) is 12.9. The number of benzene rings is 1. The second-order valence-electron chi connectivity index (χ2n) is 5.49. The van der Waals surface area contributed by atoms with Crippen LogP contribution in [0.4, 0.5) is 0 Å². The van der Waals surface area contributed by atoms with Crippen LogP contribution in [-0.2, 0) is 14.3 Å². The molecule has 2 rings (SSSR count). The van der Waals surface area contributed by atoms with Crippen LogP contribution in [0.1, 0.15) is 35.1 Å². The van der Waals surface area contributed by atoms with Crippen LogP contribution in [0.25, 0.3) is 5.57 Å². The van der Waals surface area contributed by atoms with Crippen molar-refractivity contribution in [1.82, 2.24) is 0 Å². The SMILES string of the molecule is C#Cc1cc(C)c(C2=C(OC)CC(CC(=O)O)C2=O)c(C)c1. The number of carbonyl (C=O) groups is 2. The van der Waals surface area contributed by atoms with Crippen molar-refractivity contribution in [3.8, 4) is 12.3 Å². The second kappa shape index (κ2) is 6.07. The van der Waals surface area contributed by atoms with Gasteiger partial charge < -0.3 is 9.84 Å². The standard InChI is InChI=1S/C18H18O4/c1-5-12-6-10(2)16(11(3)7-12)17-14(22-4)8-13(18(17)21)9-15(19)20/h1,6-7,13H,8-9H2,2-4H3,(H,19,20). The van der Waals surface area contributed by atoms with Crippen LogP contribution < -0.4 is 0 Å². The predicted molar refractivity (Wildman–Crippen MR) is 83.1 cm³/mol. The van der Waals surface area contributed by atoms with Crippen molar-refractivity contribution >= 4 is 17.3 Å². The molecule has 0 heterocycles. The van der Waals surface area contributed by atoms with Crippen molar-refractivity contribution in [2.45, 2.75) is 26.7 Å². The fourth-order valence-electron chi connectivity index (χ4n) is 3.02. The molecule has 0 radical (unpaired) electrons. The number of carbonyl (C=O) groups excluding carboxylic acids is 1. The van der Waals surface area contributed by atoms with Crippen molar-refractivity contribution in [2.24, 2.45) is 5.92 Å². The quantitative estimate of drug-likeness (QED) is 0.868. The minimum atomic E-state index is -0.980. The van der Waals surface area contributed by atoms with Crippen molar-refractivity contribution < 1.29 is 19.4 Å². The zero-order chi connectivity index (χ0) is 16.4. The van der Waals surface area contributed by atoms with Gasteiger partial charge in [-0.05, 0) is 42.7 Å². The van der Waals surface area contributed by atoms with Crippen LogP contribution >= 0.6 is 0 Å². The lowest BCUT2D eigenvalue weighted by Crippen LogP contribution is -2.15. The molecule has 4 nitrogen and oxygen atoms in total. The molecule has 1 atom stereocenters. The Morgan fingerprint density at radius 2 is 2.00 bits per heavy atom. The third kappa shape index (κ3) is 2.75. The third-order valence-corrected chi connectivity index (χ3v) is 3.94. The average molecular weight is 298 g/mol. The fourth-order valence-corrected chi connectivity index (χ4v) is 3.02. The number of hydrogen-bond acceptors (Lipinski definition) is 3. The maximum Gasteiger partial charge on any atom is 0.304 e. The summed E-state index contributed by atoms with van der Waals surface area (Å²) in [4.78, 5) is 23.6. The summed E-state index contributed by atoms with van der Waals surface area (Å²) >= 11 is 0. The molecule has 1 unspecified atom stereocenters. The highest BCUT2D eigenvalue weighted by Crippen LogP contribution is 2.39. The van der Waals surface area contributed by atoms with Crippen molar-refractivity contribution in [2.75, 3.05) is 7.11 Å². The topological polar surface area (TPSA) is 63.6 Å². The van der Waals surface area contributed by atoms with E-state index in [4.69, 9.17) is 16.3 Å². The van der Waals surface area contributed by atoms with Gasteiger partial charge in [-0.3, -0.25) is 9.59 Å². The minimum absolute atomic E-state index is 0.168. The van der Waals surface area contributed by atoms with E-state index in [1.807, 2.05) is 26.0 Å². The van der Waals surface area contributed by atoms with Crippen LogP contribution in [0.2, 0.25) is 0 Å². The predicted octanol–water partition coefficient (Wildman–Crippen LogP) is 2.71. The van der Waals surface area contributed by atoms with Crippen molar-refractivity contribution in [3.05, 3.63) is 40.1 Å². The van der Waals surface area contributed by atoms with Gasteiger partial charge in [0.15, 0.2) is 5.78 Å². The number of carboxylic acid groups (broad SMARTS) is 1. The van der Waals surface area contributed by atoms with E-state index in [1.54, 1.807) is 0 Å². The summed E-state index contributed by atoms with van der Waals surface area (Å²) in [6.45, 7) is 3.78. The molecule has 0 aromatic heterocycles. The third-order valence-electron chi connectivity index (χ3n) is 3.94. The summed E-state index contributed by atoms with van der Waals surface area (Å²) in [5.74, 6) is 1.43. The van der Waals surface area contributed by atoms with E-state index in [0.29, 0.717) is 17.8 Å². The summed E-state index contributed by atoms with van der Waals surface area (Å²) in [6, 6.07) is 3.70. The summed E-state index contributed by atoms with van der Waals surface area (Å²) in [5.41, 5.74) is 3.83. The Hall–Kier alpha value is -2.54. The maximum atomic E-state index is 12.6. The van der Waals surface area contributed by atoms with Gasteiger partial charge in [-0.2, -0.15) is 0 Å². The number of terminal acetylenes is 1. The molecule has 0 fully saturated rings. The molecule has 4 heteroatoms. The Bertz CT molecular complexity index is 696. The Labute approximate surface area is 129 Å². The number of aliphatic carboxylic acids is 1. The Morgan fingerprint density at radius 3 is 2.45 bits per heavy atom. The number of Topliss-reactive ketones (excluding diaryl/α,β-unsaturated/α-hetero) is 1. The number of hydrogen-bond donors (Lipinski definition) is 1. The summed E-state index contributed by atoms with van der Waals surface area (Å²) < 4.78 is 5.35. The van der Waals surface area contributed by atoms with Crippen LogP contribution in [-0.4, -0.2) is 24.0 Å². The summed E-state index contributed by atoms with van der Waals surface area (Å²) in [5, 5.41) is 8.95. The normalized spacial score (nSPS) is 17.5. The minimum Gasteiger partial charge on any atom is -0.500 e. The Kier molecular flexibility index (Phi) is 4.37. The first-order chi connectivity index (χ1) is 10.4. The number of methoxy groups -OCH3 is 1. The first-order valence-electron chi connectivity index (χ1n) is 7.00. The van der Waals surface area contributed by atoms with Crippen LogP contribution in [0.15, 0.2) is 17.9 Å². The number of allylic oxidation sites excluding steroid dienone is 2. The molecule has 1 aliphatic rings. The lowest BCUT2D eigenvalue weighted by molar-refractivity contribution is -0.139. The lowest BCUT2D eigenvalue weighted by Gasteiger charge is -2.13. The van der Waals surface area contributed by atoms with Gasteiger partial charge in [0.1, 0.15) is 5.76 Å². The number of ether oxygens (including phenoxy) is 1. The highest BCUT2D eigenvalue weighted by atomic mass is 16.5. The van der Waals surface area contributed by atoms with E-state index in [1.165, 1.54) is 7.11 Å². The molecule has 1 N–H and O–H groups in total. The van der Waals surface area contributed by atoms with E-state index < -0.39 is 11.9 Å². The average Bonchev–Trinajstić information content (AvgIpc) is 2.74. The number of ketones is 1. The van der Waals surface area contributed by atoms with E-state index in [0.717, 1.165) is 22.3 Å². The first kappa shape index (κ1) is 15.8. The van der Waals surface area contributed by atoms with Crippen LogP contribution in [0, 0.1) is 32.1 Å². The highest BCUT2D eigenvalue weighted by Gasteiger charge is 2.37. The Morgan fingerprint density at radius 1 is 1.41 bits per heavy atom. The molecule has 0 saturated heterocycles. The van der Waals surface area contributed by atoms with E-state index in [-0.39, 0.29) is 12.2 Å². The first-order valence-corrected chi connectivity index (χ1v) is 7.00. The number of aryl methyl sites for hydroxylation is 2. The number of carboxylic acids is 1. The van der Waals surface area contributed by atoms with Gasteiger partial charge in [0.2, 0.25) is 0 Å². The van der Waals surface area contributed by atoms with E-state index in [2.05, 4.69) is 5.92 Å². The molecule has 0 aliphatic heterocycles. The molecule has 1 aromatic rings. The smallest absolute Gasteiger partial charge is 0.304 e. The van der Waals surface area contributed by atoms with E-state index in [9.17, 15) is 9.59 Å². The fraction of sp³-hybridized carbons (Fsp3) is 0.333. The van der Waals surface area contributed by atoms with Gasteiger partial charge in [0.25, 0.3) is 0 Å². The molecule has 0 spiro atoms. The molecule has 1 aliphatic carbocycles. The molecule has 0 bridgehead atoms. The van der Waals surface area contributed by atoms with E-state index >= 15 is 0 Å².